The van der Waals surface area contributed by atoms with Crippen molar-refractivity contribution in [2.75, 3.05) is 26.8 Å². The van der Waals surface area contributed by atoms with Crippen molar-refractivity contribution in [1.29, 1.82) is 0 Å². The maximum atomic E-state index is 12.6. The summed E-state index contributed by atoms with van der Waals surface area (Å²) in [5, 5.41) is 13.5. The third-order valence-electron chi connectivity index (χ3n) is 4.87. The first-order valence-electron chi connectivity index (χ1n) is 8.59. The van der Waals surface area contributed by atoms with Gasteiger partial charge in [-0.25, -0.2) is 0 Å². The Bertz CT molecular complexity index is 598. The Kier molecular flexibility index (Phi) is 5.63. The number of amides is 1. The molecule has 7 nitrogen and oxygen atoms in total. The fraction of sp³-hybridized carbons (Fsp3) is 0.706. The van der Waals surface area contributed by atoms with Crippen molar-refractivity contribution < 1.29 is 19.2 Å². The van der Waals surface area contributed by atoms with Crippen LogP contribution < -0.4 is 0 Å². The quantitative estimate of drug-likeness (QED) is 0.795. The predicted molar refractivity (Wildman–Crippen MR) is 86.1 cm³/mol. The minimum absolute atomic E-state index is 0.000859. The maximum absolute atomic E-state index is 12.6. The molecule has 7 heteroatoms. The summed E-state index contributed by atoms with van der Waals surface area (Å²) in [5.74, 6) is 0.915. The highest BCUT2D eigenvalue weighted by atomic mass is 16.5. The predicted octanol–water partition coefficient (Wildman–Crippen LogP) is 1.64. The lowest BCUT2D eigenvalue weighted by molar-refractivity contribution is -0.129. The molecule has 132 valence electrons. The number of allylic oxidation sites excluding steroid dienone is 1. The van der Waals surface area contributed by atoms with Gasteiger partial charge in [0.25, 0.3) is 0 Å². The smallest absolute Gasteiger partial charge is 0.232 e. The van der Waals surface area contributed by atoms with E-state index in [0.717, 1.165) is 12.8 Å². The van der Waals surface area contributed by atoms with Gasteiger partial charge < -0.3 is 19.3 Å². The number of methoxy groups -OCH3 is 1. The van der Waals surface area contributed by atoms with E-state index in [0.29, 0.717) is 31.2 Å². The number of carbonyl (C=O) groups excluding carboxylic acids is 1. The Balaban J connectivity index is 1.64. The van der Waals surface area contributed by atoms with Crippen LogP contribution in [0.1, 0.15) is 49.7 Å². The van der Waals surface area contributed by atoms with Gasteiger partial charge in [0.1, 0.15) is 6.61 Å². The van der Waals surface area contributed by atoms with Gasteiger partial charge >= 0.3 is 0 Å². The van der Waals surface area contributed by atoms with Crippen LogP contribution in [-0.2, 0) is 16.1 Å². The lowest BCUT2D eigenvalue weighted by Gasteiger charge is -2.18. The molecule has 1 saturated heterocycles. The molecule has 1 aromatic heterocycles. The third-order valence-corrected chi connectivity index (χ3v) is 4.87. The molecule has 2 heterocycles. The molecule has 0 spiro atoms. The second-order valence-electron chi connectivity index (χ2n) is 6.61. The molecule has 1 amide bonds. The molecule has 2 atom stereocenters. The zero-order valence-electron chi connectivity index (χ0n) is 14.1. The molecular formula is C17H25N3O4. The number of hydrogen-bond acceptors (Lipinski definition) is 6. The second kappa shape index (κ2) is 7.90. The molecule has 3 rings (SSSR count). The van der Waals surface area contributed by atoms with Crippen molar-refractivity contribution in [3.63, 3.8) is 0 Å². The van der Waals surface area contributed by atoms with E-state index in [1.54, 1.807) is 7.11 Å². The molecule has 1 fully saturated rings. The summed E-state index contributed by atoms with van der Waals surface area (Å²) >= 11 is 0. The fourth-order valence-corrected chi connectivity index (χ4v) is 3.52. The highest BCUT2D eigenvalue weighted by Crippen LogP contribution is 2.32. The number of nitrogens with zero attached hydrogens (tertiary/aromatic N) is 3. The van der Waals surface area contributed by atoms with Crippen LogP contribution >= 0.6 is 0 Å². The zero-order valence-corrected chi connectivity index (χ0v) is 14.1. The minimum atomic E-state index is -0.114. The average molecular weight is 335 g/mol. The van der Waals surface area contributed by atoms with E-state index in [9.17, 15) is 9.90 Å². The normalized spacial score (nSPS) is 24.2. The lowest BCUT2D eigenvalue weighted by Crippen LogP contribution is -2.29. The summed E-state index contributed by atoms with van der Waals surface area (Å²) in [6, 6.07) is 0. The third kappa shape index (κ3) is 3.84. The Labute approximate surface area is 141 Å². The van der Waals surface area contributed by atoms with E-state index in [4.69, 9.17) is 9.26 Å². The van der Waals surface area contributed by atoms with Gasteiger partial charge in [0.15, 0.2) is 5.82 Å². The topological polar surface area (TPSA) is 88.7 Å². The molecule has 0 aromatic carbocycles. The number of aliphatic hydroxyl groups is 1. The van der Waals surface area contributed by atoms with Crippen LogP contribution in [0.5, 0.6) is 0 Å². The zero-order chi connectivity index (χ0) is 16.9. The Hall–Kier alpha value is -1.73. The van der Waals surface area contributed by atoms with Crippen LogP contribution in [0.15, 0.2) is 16.2 Å². The number of carbonyl (C=O) groups is 1. The number of aliphatic hydroxyl groups excluding tert-OH is 1. The molecule has 0 saturated carbocycles. The minimum Gasteiger partial charge on any atom is -0.396 e. The standard InChI is InChI=1S/C17H25N3O4/c1-23-11-15-18-17(24-19-15)14-9-20(8-13(14)10-21)16(22)7-12-5-3-2-4-6-12/h5,13-14,21H,2-4,6-11H2,1H3/t13-,14+/m0/s1. The summed E-state index contributed by atoms with van der Waals surface area (Å²) in [4.78, 5) is 18.7. The summed E-state index contributed by atoms with van der Waals surface area (Å²) in [6.07, 6.45) is 7.19. The highest BCUT2D eigenvalue weighted by molar-refractivity contribution is 5.79. The van der Waals surface area contributed by atoms with Crippen LogP contribution in [0.25, 0.3) is 0 Å². The number of likely N-dealkylation sites (tertiary alicyclic amines) is 1. The van der Waals surface area contributed by atoms with E-state index in [2.05, 4.69) is 16.2 Å². The molecule has 2 aliphatic rings. The molecule has 0 radical (unpaired) electrons. The van der Waals surface area contributed by atoms with Crippen LogP contribution in [-0.4, -0.2) is 52.9 Å². The Morgan fingerprint density at radius 3 is 3.04 bits per heavy atom. The van der Waals surface area contributed by atoms with Gasteiger partial charge in [-0.3, -0.25) is 4.79 Å². The SMILES string of the molecule is COCc1noc([C@@H]2CN(C(=O)CC3=CCCCC3)C[C@H]2CO)n1. The fourth-order valence-electron chi connectivity index (χ4n) is 3.52. The number of ether oxygens (including phenoxy) is 1. The van der Waals surface area contributed by atoms with Gasteiger partial charge in [-0.1, -0.05) is 16.8 Å². The van der Waals surface area contributed by atoms with Gasteiger partial charge in [0.2, 0.25) is 11.8 Å². The summed E-state index contributed by atoms with van der Waals surface area (Å²) in [7, 11) is 1.57. The molecule has 1 aliphatic carbocycles. The average Bonchev–Trinajstić information content (AvgIpc) is 3.22. The van der Waals surface area contributed by atoms with E-state index in [1.807, 2.05) is 4.90 Å². The molecular weight excluding hydrogens is 310 g/mol. The summed E-state index contributed by atoms with van der Waals surface area (Å²) in [6.45, 7) is 1.34. The number of hydrogen-bond donors (Lipinski definition) is 1. The van der Waals surface area contributed by atoms with Gasteiger partial charge in [-0.05, 0) is 25.7 Å². The first kappa shape index (κ1) is 17.1. The Morgan fingerprint density at radius 2 is 2.33 bits per heavy atom. The van der Waals surface area contributed by atoms with E-state index >= 15 is 0 Å². The summed E-state index contributed by atoms with van der Waals surface area (Å²) in [5.41, 5.74) is 1.25. The van der Waals surface area contributed by atoms with Gasteiger partial charge in [-0.2, -0.15) is 4.98 Å². The van der Waals surface area contributed by atoms with Crippen molar-refractivity contribution in [3.05, 3.63) is 23.4 Å². The van der Waals surface area contributed by atoms with E-state index < -0.39 is 0 Å². The number of rotatable bonds is 6. The number of aromatic nitrogens is 2. The second-order valence-corrected chi connectivity index (χ2v) is 6.61. The molecule has 1 N–H and O–H groups in total. The van der Waals surface area contributed by atoms with Crippen LogP contribution in [0.3, 0.4) is 0 Å². The summed E-state index contributed by atoms with van der Waals surface area (Å²) < 4.78 is 10.3. The molecule has 24 heavy (non-hydrogen) atoms. The monoisotopic (exact) mass is 335 g/mol. The first-order valence-corrected chi connectivity index (χ1v) is 8.59. The lowest BCUT2D eigenvalue weighted by atomic mass is 9.97. The largest absolute Gasteiger partial charge is 0.396 e. The maximum Gasteiger partial charge on any atom is 0.232 e. The van der Waals surface area contributed by atoms with Crippen molar-refractivity contribution >= 4 is 5.91 Å². The van der Waals surface area contributed by atoms with Crippen molar-refractivity contribution in [2.24, 2.45) is 5.92 Å². The van der Waals surface area contributed by atoms with Gasteiger partial charge in [0, 0.05) is 39.1 Å². The van der Waals surface area contributed by atoms with Crippen LogP contribution in [0, 0.1) is 5.92 Å². The first-order chi connectivity index (χ1) is 11.7. The van der Waals surface area contributed by atoms with Crippen molar-refractivity contribution in [1.82, 2.24) is 15.0 Å². The Morgan fingerprint density at radius 1 is 1.46 bits per heavy atom. The van der Waals surface area contributed by atoms with Crippen molar-refractivity contribution in [3.8, 4) is 0 Å². The van der Waals surface area contributed by atoms with Gasteiger partial charge in [-0.15, -0.1) is 0 Å². The van der Waals surface area contributed by atoms with Crippen LogP contribution in [0.4, 0.5) is 0 Å². The molecule has 1 aliphatic heterocycles. The molecule has 0 bridgehead atoms. The highest BCUT2D eigenvalue weighted by Gasteiger charge is 2.39. The molecule has 1 aromatic rings. The van der Waals surface area contributed by atoms with Gasteiger partial charge in [0.05, 0.1) is 5.92 Å². The van der Waals surface area contributed by atoms with E-state index in [1.165, 1.54) is 18.4 Å². The molecule has 0 unspecified atom stereocenters. The van der Waals surface area contributed by atoms with E-state index in [-0.39, 0.29) is 31.0 Å². The van der Waals surface area contributed by atoms with Crippen molar-refractivity contribution in [2.45, 2.75) is 44.6 Å². The van der Waals surface area contributed by atoms with Crippen LogP contribution in [0.2, 0.25) is 0 Å².